The minimum Gasteiger partial charge on any atom is -0.407 e. The zero-order valence-corrected chi connectivity index (χ0v) is 9.16. The van der Waals surface area contributed by atoms with Crippen LogP contribution in [0, 0.1) is 0 Å². The van der Waals surface area contributed by atoms with E-state index in [1.54, 1.807) is 18.2 Å². The Bertz CT molecular complexity index is 323. The third-order valence-electron chi connectivity index (χ3n) is 1.32. The molecule has 1 aromatic carbocycles. The molecule has 0 unspecified atom stereocenters. The van der Waals surface area contributed by atoms with Crippen molar-refractivity contribution in [1.29, 1.82) is 0 Å². The molecule has 0 heterocycles. The Balaban J connectivity index is 2.80. The second-order valence-corrected chi connectivity index (χ2v) is 3.33. The second-order valence-electron chi connectivity index (χ2n) is 2.25. The molecular formula is C8H6Cl3NO2. The van der Waals surface area contributed by atoms with E-state index < -0.39 is 6.09 Å². The summed E-state index contributed by atoms with van der Waals surface area (Å²) in [5.74, 6) is 0.124. The highest BCUT2D eigenvalue weighted by atomic mass is 35.5. The van der Waals surface area contributed by atoms with E-state index in [2.05, 4.69) is 5.32 Å². The monoisotopic (exact) mass is 253 g/mol. The fraction of sp³-hybridized carbons (Fsp3) is 0.125. The van der Waals surface area contributed by atoms with Crippen LogP contribution in [-0.4, -0.2) is 12.1 Å². The summed E-state index contributed by atoms with van der Waals surface area (Å²) in [4.78, 5) is 11.0. The summed E-state index contributed by atoms with van der Waals surface area (Å²) in [5, 5.41) is 2.77. The van der Waals surface area contributed by atoms with Gasteiger partial charge in [-0.15, -0.1) is 11.6 Å². The van der Waals surface area contributed by atoms with Gasteiger partial charge in [0.25, 0.3) is 0 Å². The third-order valence-corrected chi connectivity index (χ3v) is 2.05. The highest BCUT2D eigenvalue weighted by Crippen LogP contribution is 2.32. The van der Waals surface area contributed by atoms with Crippen molar-refractivity contribution in [2.24, 2.45) is 0 Å². The Hall–Kier alpha value is -0.640. The minimum atomic E-state index is -0.699. The number of carbonyl (C=O) groups is 1. The molecule has 0 fully saturated rings. The fourth-order valence-electron chi connectivity index (χ4n) is 0.763. The Morgan fingerprint density at radius 2 is 1.93 bits per heavy atom. The van der Waals surface area contributed by atoms with E-state index in [0.717, 1.165) is 0 Å². The van der Waals surface area contributed by atoms with Crippen LogP contribution in [0.2, 0.25) is 10.0 Å². The maximum Gasteiger partial charge on any atom is 0.413 e. The lowest BCUT2D eigenvalue weighted by molar-refractivity contribution is 0.202. The molecule has 1 N–H and O–H groups in total. The average molecular weight is 254 g/mol. The first-order valence-corrected chi connectivity index (χ1v) is 4.90. The number of hydrogen-bond acceptors (Lipinski definition) is 2. The van der Waals surface area contributed by atoms with Gasteiger partial charge in [-0.3, -0.25) is 0 Å². The first-order valence-electron chi connectivity index (χ1n) is 3.61. The zero-order chi connectivity index (χ0) is 10.6. The summed E-state index contributed by atoms with van der Waals surface area (Å²) in [6, 6.07) is 4.74. The van der Waals surface area contributed by atoms with Crippen molar-refractivity contribution in [2.75, 3.05) is 6.00 Å². The van der Waals surface area contributed by atoms with Crippen LogP contribution in [0.1, 0.15) is 0 Å². The smallest absolute Gasteiger partial charge is 0.407 e. The van der Waals surface area contributed by atoms with E-state index in [0.29, 0.717) is 0 Å². The van der Waals surface area contributed by atoms with Gasteiger partial charge >= 0.3 is 6.09 Å². The van der Waals surface area contributed by atoms with Gasteiger partial charge in [0.1, 0.15) is 0 Å². The van der Waals surface area contributed by atoms with E-state index in [1.165, 1.54) is 0 Å². The van der Waals surface area contributed by atoms with Crippen molar-refractivity contribution in [2.45, 2.75) is 0 Å². The van der Waals surface area contributed by atoms with E-state index in [-0.39, 0.29) is 21.8 Å². The first-order chi connectivity index (χ1) is 6.65. The van der Waals surface area contributed by atoms with Gasteiger partial charge in [0.15, 0.2) is 5.75 Å². The number of ether oxygens (including phenoxy) is 1. The van der Waals surface area contributed by atoms with Crippen molar-refractivity contribution in [3.63, 3.8) is 0 Å². The van der Waals surface area contributed by atoms with Crippen LogP contribution < -0.4 is 10.1 Å². The molecule has 0 saturated heterocycles. The number of para-hydroxylation sites is 1. The normalized spacial score (nSPS) is 9.64. The first kappa shape index (κ1) is 11.4. The topological polar surface area (TPSA) is 38.3 Å². The van der Waals surface area contributed by atoms with Crippen molar-refractivity contribution in [1.82, 2.24) is 5.32 Å². The van der Waals surface area contributed by atoms with Crippen molar-refractivity contribution >= 4 is 40.9 Å². The lowest BCUT2D eigenvalue weighted by atomic mass is 10.3. The van der Waals surface area contributed by atoms with E-state index >= 15 is 0 Å². The Morgan fingerprint density at radius 3 is 2.43 bits per heavy atom. The number of hydrogen-bond donors (Lipinski definition) is 1. The van der Waals surface area contributed by atoms with Gasteiger partial charge in [-0.25, -0.2) is 4.79 Å². The molecule has 1 amide bonds. The van der Waals surface area contributed by atoms with E-state index in [4.69, 9.17) is 39.5 Å². The Morgan fingerprint density at radius 1 is 1.36 bits per heavy atom. The molecule has 0 saturated carbocycles. The lowest BCUT2D eigenvalue weighted by Gasteiger charge is -2.07. The van der Waals surface area contributed by atoms with Crippen LogP contribution in [0.5, 0.6) is 5.75 Å². The van der Waals surface area contributed by atoms with Crippen LogP contribution in [0.15, 0.2) is 18.2 Å². The molecular weight excluding hydrogens is 248 g/mol. The molecule has 0 spiro atoms. The van der Waals surface area contributed by atoms with Crippen LogP contribution in [0.3, 0.4) is 0 Å². The molecule has 0 aliphatic heterocycles. The largest absolute Gasteiger partial charge is 0.413 e. The van der Waals surface area contributed by atoms with Crippen molar-refractivity contribution in [3.05, 3.63) is 28.2 Å². The minimum absolute atomic E-state index is 0.0408. The second kappa shape index (κ2) is 5.29. The molecule has 3 nitrogen and oxygen atoms in total. The zero-order valence-electron chi connectivity index (χ0n) is 6.89. The van der Waals surface area contributed by atoms with Gasteiger partial charge in [0.05, 0.1) is 16.0 Å². The lowest BCUT2D eigenvalue weighted by Crippen LogP contribution is -2.25. The SMILES string of the molecule is O=C(NCCl)Oc1c(Cl)cccc1Cl. The average Bonchev–Trinajstić information content (AvgIpc) is 2.12. The molecule has 0 atom stereocenters. The van der Waals surface area contributed by atoms with Gasteiger partial charge in [0.2, 0.25) is 0 Å². The summed E-state index contributed by atoms with van der Waals surface area (Å²) in [6.45, 7) is 0. The summed E-state index contributed by atoms with van der Waals surface area (Å²) in [7, 11) is 0. The summed E-state index contributed by atoms with van der Waals surface area (Å²) in [6.07, 6.45) is -0.699. The van der Waals surface area contributed by atoms with Gasteiger partial charge in [-0.2, -0.15) is 0 Å². The molecule has 1 rings (SSSR count). The molecule has 76 valence electrons. The number of carbonyl (C=O) groups excluding carboxylic acids is 1. The number of rotatable bonds is 2. The Kier molecular flexibility index (Phi) is 4.32. The number of halogens is 3. The Labute approximate surface area is 95.9 Å². The van der Waals surface area contributed by atoms with Crippen LogP contribution >= 0.6 is 34.8 Å². The van der Waals surface area contributed by atoms with Gasteiger partial charge in [-0.1, -0.05) is 29.3 Å². The highest BCUT2D eigenvalue weighted by Gasteiger charge is 2.10. The van der Waals surface area contributed by atoms with Crippen molar-refractivity contribution < 1.29 is 9.53 Å². The summed E-state index contributed by atoms with van der Waals surface area (Å²) >= 11 is 16.8. The maximum atomic E-state index is 11.0. The number of nitrogens with one attached hydrogen (secondary N) is 1. The standard InChI is InChI=1S/C8H6Cl3NO2/c9-4-12-8(13)14-7-5(10)2-1-3-6(7)11/h1-3H,4H2,(H,12,13). The fourth-order valence-corrected chi connectivity index (χ4v) is 1.35. The summed E-state index contributed by atoms with van der Waals surface area (Å²) in [5.41, 5.74) is 0. The predicted octanol–water partition coefficient (Wildman–Crippen LogP) is 3.28. The van der Waals surface area contributed by atoms with Crippen molar-refractivity contribution in [3.8, 4) is 5.75 Å². The van der Waals surface area contributed by atoms with Gasteiger partial charge in [-0.05, 0) is 12.1 Å². The molecule has 0 radical (unpaired) electrons. The molecule has 0 bridgehead atoms. The molecule has 0 aromatic heterocycles. The number of alkyl halides is 1. The van der Waals surface area contributed by atoms with Gasteiger partial charge in [0, 0.05) is 0 Å². The van der Waals surface area contributed by atoms with Crippen LogP contribution in [0.25, 0.3) is 0 Å². The van der Waals surface area contributed by atoms with Crippen LogP contribution in [0.4, 0.5) is 4.79 Å². The van der Waals surface area contributed by atoms with Gasteiger partial charge < -0.3 is 10.1 Å². The molecule has 6 heteroatoms. The number of amides is 1. The molecule has 14 heavy (non-hydrogen) atoms. The quantitative estimate of drug-likeness (QED) is 0.650. The number of benzene rings is 1. The van der Waals surface area contributed by atoms with E-state index in [1.807, 2.05) is 0 Å². The van der Waals surface area contributed by atoms with E-state index in [9.17, 15) is 4.79 Å². The summed E-state index contributed by atoms with van der Waals surface area (Å²) < 4.78 is 4.82. The molecule has 0 aliphatic rings. The molecule has 1 aromatic rings. The maximum absolute atomic E-state index is 11.0. The highest BCUT2D eigenvalue weighted by molar-refractivity contribution is 6.37. The van der Waals surface area contributed by atoms with Crippen LogP contribution in [-0.2, 0) is 0 Å². The molecule has 0 aliphatic carbocycles. The predicted molar refractivity (Wildman–Crippen MR) is 56.3 cm³/mol. The third kappa shape index (κ3) is 2.94.